The van der Waals surface area contributed by atoms with Crippen molar-refractivity contribution in [2.75, 3.05) is 10.6 Å². The molecule has 0 bridgehead atoms. The van der Waals surface area contributed by atoms with Crippen molar-refractivity contribution in [3.63, 3.8) is 0 Å². The molecule has 0 aliphatic heterocycles. The van der Waals surface area contributed by atoms with E-state index < -0.39 is 6.04 Å². The number of nitrogens with one attached hydrogen (secondary N) is 2. The predicted molar refractivity (Wildman–Crippen MR) is 106 cm³/mol. The Bertz CT molecular complexity index is 910. The van der Waals surface area contributed by atoms with Gasteiger partial charge in [0.25, 0.3) is 0 Å². The monoisotopic (exact) mass is 369 g/mol. The van der Waals surface area contributed by atoms with E-state index in [4.69, 9.17) is 0 Å². The number of aromatic nitrogens is 3. The van der Waals surface area contributed by atoms with Gasteiger partial charge in [-0.15, -0.1) is 11.3 Å². The fourth-order valence-electron chi connectivity index (χ4n) is 2.69. The summed E-state index contributed by atoms with van der Waals surface area (Å²) in [7, 11) is 0. The van der Waals surface area contributed by atoms with Crippen molar-refractivity contribution >= 4 is 28.1 Å². The summed E-state index contributed by atoms with van der Waals surface area (Å²) in [6.07, 6.45) is 0. The Kier molecular flexibility index (Phi) is 5.08. The topological polar surface area (TPSA) is 71.8 Å². The van der Waals surface area contributed by atoms with Crippen molar-refractivity contribution in [3.05, 3.63) is 52.3 Å². The first-order valence-electron chi connectivity index (χ1n) is 8.50. The number of thiazole rings is 1. The first-order valence-corrected chi connectivity index (χ1v) is 9.31. The van der Waals surface area contributed by atoms with E-state index in [1.54, 1.807) is 0 Å². The lowest BCUT2D eigenvalue weighted by Gasteiger charge is -2.14. The van der Waals surface area contributed by atoms with Crippen LogP contribution in [-0.4, -0.2) is 26.7 Å². The number of benzene rings is 1. The molecule has 7 heteroatoms. The number of rotatable bonds is 5. The normalized spacial score (nSPS) is 12.0. The molecule has 0 saturated carbocycles. The van der Waals surface area contributed by atoms with E-state index in [1.165, 1.54) is 11.3 Å². The summed E-state index contributed by atoms with van der Waals surface area (Å²) in [4.78, 5) is 18.0. The highest BCUT2D eigenvalue weighted by molar-refractivity contribution is 7.15. The molecule has 2 N–H and O–H groups in total. The molecule has 0 aliphatic carbocycles. The SMILES string of the molecule is Cc1nc(NC(=O)C(C)Nc2c(C)nn(-c3ccccc3)c2C)sc1C. The molecule has 0 spiro atoms. The minimum absolute atomic E-state index is 0.120. The molecule has 1 aromatic carbocycles. The van der Waals surface area contributed by atoms with E-state index in [1.807, 2.05) is 69.6 Å². The van der Waals surface area contributed by atoms with Gasteiger partial charge in [0.15, 0.2) is 5.13 Å². The average Bonchev–Trinajstić information content (AvgIpc) is 3.08. The van der Waals surface area contributed by atoms with Gasteiger partial charge in [0.1, 0.15) is 6.04 Å². The maximum absolute atomic E-state index is 12.5. The first kappa shape index (κ1) is 18.1. The van der Waals surface area contributed by atoms with Crippen molar-refractivity contribution in [2.45, 2.75) is 40.7 Å². The number of nitrogens with zero attached hydrogens (tertiary/aromatic N) is 3. The van der Waals surface area contributed by atoms with Gasteiger partial charge in [0.05, 0.1) is 28.5 Å². The molecule has 2 aromatic heterocycles. The second-order valence-corrected chi connectivity index (χ2v) is 7.51. The molecule has 0 saturated heterocycles. The van der Waals surface area contributed by atoms with Crippen molar-refractivity contribution in [2.24, 2.45) is 0 Å². The Labute approximate surface area is 157 Å². The summed E-state index contributed by atoms with van der Waals surface area (Å²) in [6, 6.07) is 9.53. The molecule has 3 aromatic rings. The third-order valence-electron chi connectivity index (χ3n) is 4.30. The largest absolute Gasteiger partial charge is 0.371 e. The molecular weight excluding hydrogens is 346 g/mol. The molecule has 0 radical (unpaired) electrons. The standard InChI is InChI=1S/C19H23N5OS/c1-11-15(5)26-19(21-11)22-18(25)13(3)20-17-12(2)23-24(14(17)4)16-9-7-6-8-10-16/h6-10,13,20H,1-5H3,(H,21,22,25). The second kappa shape index (κ2) is 7.29. The molecule has 2 heterocycles. The quantitative estimate of drug-likeness (QED) is 0.713. The van der Waals surface area contributed by atoms with E-state index in [-0.39, 0.29) is 5.91 Å². The van der Waals surface area contributed by atoms with E-state index in [9.17, 15) is 4.79 Å². The summed E-state index contributed by atoms with van der Waals surface area (Å²) in [5, 5.41) is 11.4. The van der Waals surface area contributed by atoms with Crippen LogP contribution >= 0.6 is 11.3 Å². The van der Waals surface area contributed by atoms with E-state index in [0.29, 0.717) is 5.13 Å². The first-order chi connectivity index (χ1) is 12.4. The maximum Gasteiger partial charge on any atom is 0.248 e. The predicted octanol–water partition coefficient (Wildman–Crippen LogP) is 4.00. The van der Waals surface area contributed by atoms with Gasteiger partial charge in [-0.3, -0.25) is 4.79 Å². The lowest BCUT2D eigenvalue weighted by molar-refractivity contribution is -0.116. The van der Waals surface area contributed by atoms with Crippen LogP contribution in [0.15, 0.2) is 30.3 Å². The number of amides is 1. The van der Waals surface area contributed by atoms with Crippen LogP contribution in [0.5, 0.6) is 0 Å². The minimum Gasteiger partial charge on any atom is -0.371 e. The van der Waals surface area contributed by atoms with Gasteiger partial charge in [-0.25, -0.2) is 9.67 Å². The van der Waals surface area contributed by atoms with Gasteiger partial charge in [0.2, 0.25) is 5.91 Å². The number of carbonyl (C=O) groups is 1. The molecule has 26 heavy (non-hydrogen) atoms. The van der Waals surface area contributed by atoms with Crippen molar-refractivity contribution in [1.29, 1.82) is 0 Å². The third kappa shape index (κ3) is 3.62. The number of aryl methyl sites for hydroxylation is 3. The van der Waals surface area contributed by atoms with Gasteiger partial charge in [-0.1, -0.05) is 18.2 Å². The zero-order chi connectivity index (χ0) is 18.8. The molecule has 1 amide bonds. The van der Waals surface area contributed by atoms with Gasteiger partial charge in [0, 0.05) is 4.88 Å². The van der Waals surface area contributed by atoms with Gasteiger partial charge in [-0.05, 0) is 46.8 Å². The van der Waals surface area contributed by atoms with Gasteiger partial charge < -0.3 is 10.6 Å². The Morgan fingerprint density at radius 3 is 2.42 bits per heavy atom. The number of carbonyl (C=O) groups excluding carboxylic acids is 1. The summed E-state index contributed by atoms with van der Waals surface area (Å²) >= 11 is 1.49. The average molecular weight is 369 g/mol. The minimum atomic E-state index is -0.412. The lowest BCUT2D eigenvalue weighted by atomic mass is 10.2. The molecule has 6 nitrogen and oxygen atoms in total. The van der Waals surface area contributed by atoms with Gasteiger partial charge >= 0.3 is 0 Å². The van der Waals surface area contributed by atoms with E-state index in [2.05, 4.69) is 20.7 Å². The molecular formula is C19H23N5OS. The van der Waals surface area contributed by atoms with Crippen molar-refractivity contribution in [1.82, 2.24) is 14.8 Å². The van der Waals surface area contributed by atoms with E-state index in [0.717, 1.165) is 33.3 Å². The zero-order valence-corrected chi connectivity index (χ0v) is 16.4. The summed E-state index contributed by atoms with van der Waals surface area (Å²) in [5.74, 6) is -0.120. The second-order valence-electron chi connectivity index (χ2n) is 6.31. The summed E-state index contributed by atoms with van der Waals surface area (Å²) in [6.45, 7) is 9.70. The van der Waals surface area contributed by atoms with Crippen LogP contribution in [0.2, 0.25) is 0 Å². The Morgan fingerprint density at radius 2 is 1.81 bits per heavy atom. The summed E-state index contributed by atoms with van der Waals surface area (Å²) in [5.41, 5.74) is 4.64. The van der Waals surface area contributed by atoms with Crippen molar-refractivity contribution < 1.29 is 4.79 Å². The Morgan fingerprint density at radius 1 is 1.12 bits per heavy atom. The highest BCUT2D eigenvalue weighted by atomic mass is 32.1. The van der Waals surface area contributed by atoms with Gasteiger partial charge in [-0.2, -0.15) is 5.10 Å². The Balaban J connectivity index is 1.76. The van der Waals surface area contributed by atoms with Crippen LogP contribution in [0.3, 0.4) is 0 Å². The number of anilines is 2. The molecule has 136 valence electrons. The molecule has 0 aliphatic rings. The maximum atomic E-state index is 12.5. The third-order valence-corrected chi connectivity index (χ3v) is 5.29. The number of para-hydroxylation sites is 1. The van der Waals surface area contributed by atoms with Crippen LogP contribution in [0.4, 0.5) is 10.8 Å². The van der Waals surface area contributed by atoms with E-state index >= 15 is 0 Å². The van der Waals surface area contributed by atoms with Crippen LogP contribution in [0.1, 0.15) is 28.9 Å². The molecule has 3 rings (SSSR count). The van der Waals surface area contributed by atoms with Crippen LogP contribution in [-0.2, 0) is 4.79 Å². The number of hydrogen-bond acceptors (Lipinski definition) is 5. The number of hydrogen-bond donors (Lipinski definition) is 2. The fourth-order valence-corrected chi connectivity index (χ4v) is 3.51. The highest BCUT2D eigenvalue weighted by Crippen LogP contribution is 2.24. The summed E-state index contributed by atoms with van der Waals surface area (Å²) < 4.78 is 1.88. The molecule has 1 atom stereocenters. The lowest BCUT2D eigenvalue weighted by Crippen LogP contribution is -2.32. The Hall–Kier alpha value is -2.67. The molecule has 1 unspecified atom stereocenters. The van der Waals surface area contributed by atoms with Crippen molar-refractivity contribution in [3.8, 4) is 5.69 Å². The van der Waals surface area contributed by atoms with Crippen LogP contribution in [0, 0.1) is 27.7 Å². The molecule has 0 fully saturated rings. The highest BCUT2D eigenvalue weighted by Gasteiger charge is 2.19. The van der Waals surface area contributed by atoms with Crippen LogP contribution < -0.4 is 10.6 Å². The van der Waals surface area contributed by atoms with Crippen LogP contribution in [0.25, 0.3) is 5.69 Å². The smallest absolute Gasteiger partial charge is 0.248 e. The fraction of sp³-hybridized carbons (Fsp3) is 0.316. The zero-order valence-electron chi connectivity index (χ0n) is 15.6.